The Labute approximate surface area is 122 Å². The molecule has 116 valence electrons. The summed E-state index contributed by atoms with van der Waals surface area (Å²) < 4.78 is 0. The Kier molecular flexibility index (Phi) is 17.9. The van der Waals surface area contributed by atoms with E-state index in [9.17, 15) is 0 Å². The molecule has 0 aliphatic carbocycles. The van der Waals surface area contributed by atoms with Crippen LogP contribution in [0.2, 0.25) is 0 Å². The normalized spacial score (nSPS) is 11.1. The number of rotatable bonds is 16. The molecular weight excluding hydrogens is 230 g/mol. The zero-order chi connectivity index (χ0) is 14.0. The van der Waals surface area contributed by atoms with Gasteiger partial charge < -0.3 is 5.32 Å². The average molecular weight is 270 g/mol. The number of nitrogens with one attached hydrogen (secondary N) is 1. The molecule has 0 aromatic heterocycles. The second-order valence-corrected chi connectivity index (χ2v) is 5.95. The van der Waals surface area contributed by atoms with Crippen molar-refractivity contribution in [3.05, 3.63) is 0 Å². The van der Waals surface area contributed by atoms with Gasteiger partial charge in [0.25, 0.3) is 0 Å². The first-order chi connectivity index (χ1) is 9.41. The van der Waals surface area contributed by atoms with Gasteiger partial charge in [-0.1, -0.05) is 97.3 Å². The third-order valence-corrected chi connectivity index (χ3v) is 3.96. The average Bonchev–Trinajstić information content (AvgIpc) is 2.43. The van der Waals surface area contributed by atoms with Gasteiger partial charge >= 0.3 is 0 Å². The maximum absolute atomic E-state index is 3.39. The monoisotopic (exact) mass is 269 g/mol. The molecule has 0 heterocycles. The minimum atomic E-state index is 1.12. The summed E-state index contributed by atoms with van der Waals surface area (Å²) in [6.07, 6.45) is 20.3. The molecular formula is C18H39N. The minimum absolute atomic E-state index is 1.12. The molecule has 0 aromatic rings. The highest BCUT2D eigenvalue weighted by Gasteiger charge is 1.93. The SMILES string of the molecule is CCCCCCCCCCCCCCCCNCC. The Morgan fingerprint density at radius 1 is 0.474 bits per heavy atom. The van der Waals surface area contributed by atoms with Crippen molar-refractivity contribution in [3.63, 3.8) is 0 Å². The van der Waals surface area contributed by atoms with Crippen LogP contribution >= 0.6 is 0 Å². The zero-order valence-electron chi connectivity index (χ0n) is 13.8. The van der Waals surface area contributed by atoms with Crippen molar-refractivity contribution in [3.8, 4) is 0 Å². The number of hydrogen-bond donors (Lipinski definition) is 1. The lowest BCUT2D eigenvalue weighted by Crippen LogP contribution is -2.13. The van der Waals surface area contributed by atoms with Crippen LogP contribution in [0.1, 0.15) is 104 Å². The van der Waals surface area contributed by atoms with E-state index in [0.29, 0.717) is 0 Å². The molecule has 19 heavy (non-hydrogen) atoms. The molecule has 0 saturated heterocycles. The van der Waals surface area contributed by atoms with Crippen molar-refractivity contribution >= 4 is 0 Å². The maximum atomic E-state index is 3.39. The van der Waals surface area contributed by atoms with Crippen molar-refractivity contribution in [2.75, 3.05) is 13.1 Å². The van der Waals surface area contributed by atoms with Crippen molar-refractivity contribution in [2.45, 2.75) is 104 Å². The van der Waals surface area contributed by atoms with Gasteiger partial charge in [0, 0.05) is 0 Å². The van der Waals surface area contributed by atoms with Crippen LogP contribution in [0.4, 0.5) is 0 Å². The molecule has 0 spiro atoms. The van der Waals surface area contributed by atoms with Crippen molar-refractivity contribution in [1.82, 2.24) is 5.32 Å². The maximum Gasteiger partial charge on any atom is -0.00490 e. The lowest BCUT2D eigenvalue weighted by molar-refractivity contribution is 0.531. The first-order valence-corrected chi connectivity index (χ1v) is 9.12. The van der Waals surface area contributed by atoms with Crippen LogP contribution in [0.3, 0.4) is 0 Å². The van der Waals surface area contributed by atoms with Gasteiger partial charge in [0.15, 0.2) is 0 Å². The fraction of sp³-hybridized carbons (Fsp3) is 1.00. The summed E-state index contributed by atoms with van der Waals surface area (Å²) in [7, 11) is 0. The lowest BCUT2D eigenvalue weighted by atomic mass is 10.0. The van der Waals surface area contributed by atoms with Crippen molar-refractivity contribution < 1.29 is 0 Å². The van der Waals surface area contributed by atoms with Gasteiger partial charge in [-0.2, -0.15) is 0 Å². The van der Waals surface area contributed by atoms with E-state index in [1.165, 1.54) is 96.4 Å². The molecule has 0 aliphatic heterocycles. The predicted octanol–water partition coefficient (Wildman–Crippen LogP) is 6.08. The Morgan fingerprint density at radius 3 is 1.21 bits per heavy atom. The highest BCUT2D eigenvalue weighted by atomic mass is 14.8. The Morgan fingerprint density at radius 2 is 0.842 bits per heavy atom. The second kappa shape index (κ2) is 18.0. The number of hydrogen-bond acceptors (Lipinski definition) is 1. The van der Waals surface area contributed by atoms with E-state index in [2.05, 4.69) is 19.2 Å². The van der Waals surface area contributed by atoms with Gasteiger partial charge in [-0.15, -0.1) is 0 Å². The molecule has 0 radical (unpaired) electrons. The minimum Gasteiger partial charge on any atom is -0.317 e. The van der Waals surface area contributed by atoms with E-state index in [0.717, 1.165) is 6.54 Å². The number of unbranched alkanes of at least 4 members (excludes halogenated alkanes) is 13. The van der Waals surface area contributed by atoms with Crippen LogP contribution in [0.5, 0.6) is 0 Å². The van der Waals surface area contributed by atoms with Gasteiger partial charge in [0.05, 0.1) is 0 Å². The topological polar surface area (TPSA) is 12.0 Å². The van der Waals surface area contributed by atoms with E-state index < -0.39 is 0 Å². The van der Waals surface area contributed by atoms with Gasteiger partial charge in [0.2, 0.25) is 0 Å². The first kappa shape index (κ1) is 19.0. The van der Waals surface area contributed by atoms with Crippen molar-refractivity contribution in [2.24, 2.45) is 0 Å². The van der Waals surface area contributed by atoms with Crippen LogP contribution < -0.4 is 5.32 Å². The van der Waals surface area contributed by atoms with E-state index in [4.69, 9.17) is 0 Å². The van der Waals surface area contributed by atoms with Gasteiger partial charge in [-0.05, 0) is 19.5 Å². The van der Waals surface area contributed by atoms with Crippen LogP contribution in [-0.2, 0) is 0 Å². The quantitative estimate of drug-likeness (QED) is 0.335. The standard InChI is InChI=1S/C18H39N/c1-3-5-6-7-8-9-10-11-12-13-14-15-16-17-18-19-4-2/h19H,3-18H2,1-2H3. The summed E-state index contributed by atoms with van der Waals surface area (Å²) in [5.41, 5.74) is 0. The summed E-state index contributed by atoms with van der Waals surface area (Å²) in [4.78, 5) is 0. The third kappa shape index (κ3) is 18.0. The second-order valence-electron chi connectivity index (χ2n) is 5.95. The molecule has 0 amide bonds. The van der Waals surface area contributed by atoms with Gasteiger partial charge in [0.1, 0.15) is 0 Å². The van der Waals surface area contributed by atoms with E-state index in [-0.39, 0.29) is 0 Å². The molecule has 0 atom stereocenters. The summed E-state index contributed by atoms with van der Waals surface area (Å²) in [5.74, 6) is 0. The van der Waals surface area contributed by atoms with Gasteiger partial charge in [-0.3, -0.25) is 0 Å². The molecule has 1 heteroatoms. The van der Waals surface area contributed by atoms with Crippen LogP contribution in [0, 0.1) is 0 Å². The van der Waals surface area contributed by atoms with E-state index in [1.807, 2.05) is 0 Å². The summed E-state index contributed by atoms with van der Waals surface area (Å²) in [5, 5.41) is 3.39. The highest BCUT2D eigenvalue weighted by molar-refractivity contribution is 4.50. The Balaban J connectivity index is 2.88. The zero-order valence-corrected chi connectivity index (χ0v) is 13.8. The molecule has 0 rings (SSSR count). The van der Waals surface area contributed by atoms with Crippen LogP contribution in [-0.4, -0.2) is 13.1 Å². The molecule has 0 aliphatic rings. The highest BCUT2D eigenvalue weighted by Crippen LogP contribution is 2.12. The molecule has 1 N–H and O–H groups in total. The Hall–Kier alpha value is -0.0400. The molecule has 1 nitrogen and oxygen atoms in total. The summed E-state index contributed by atoms with van der Waals surface area (Å²) >= 11 is 0. The third-order valence-electron chi connectivity index (χ3n) is 3.96. The molecule has 0 saturated carbocycles. The first-order valence-electron chi connectivity index (χ1n) is 9.12. The summed E-state index contributed by atoms with van der Waals surface area (Å²) in [6, 6.07) is 0. The molecule has 0 aromatic carbocycles. The predicted molar refractivity (Wildman–Crippen MR) is 88.9 cm³/mol. The molecule has 0 unspecified atom stereocenters. The molecule has 0 fully saturated rings. The van der Waals surface area contributed by atoms with Crippen LogP contribution in [0.25, 0.3) is 0 Å². The van der Waals surface area contributed by atoms with Crippen LogP contribution in [0.15, 0.2) is 0 Å². The fourth-order valence-corrected chi connectivity index (χ4v) is 2.62. The molecule has 0 bridgehead atoms. The fourth-order valence-electron chi connectivity index (χ4n) is 2.62. The smallest absolute Gasteiger partial charge is 0.00490 e. The lowest BCUT2D eigenvalue weighted by Gasteiger charge is -2.03. The van der Waals surface area contributed by atoms with E-state index in [1.54, 1.807) is 0 Å². The van der Waals surface area contributed by atoms with E-state index >= 15 is 0 Å². The summed E-state index contributed by atoms with van der Waals surface area (Å²) in [6.45, 7) is 6.82. The van der Waals surface area contributed by atoms with Gasteiger partial charge in [-0.25, -0.2) is 0 Å². The van der Waals surface area contributed by atoms with Crippen molar-refractivity contribution in [1.29, 1.82) is 0 Å². The largest absolute Gasteiger partial charge is 0.317 e. The Bertz CT molecular complexity index is 129.